The number of likely N-dealkylation sites (tertiary alicyclic amines) is 1. The Labute approximate surface area is 174 Å². The average molecular weight is 402 g/mol. The van der Waals surface area contributed by atoms with Crippen molar-refractivity contribution in [3.05, 3.63) is 35.4 Å². The van der Waals surface area contributed by atoms with E-state index < -0.39 is 0 Å². The number of aliphatic hydroxyl groups is 1. The predicted octanol–water partition coefficient (Wildman–Crippen LogP) is 1.22. The summed E-state index contributed by atoms with van der Waals surface area (Å²) in [7, 11) is 0. The molecule has 7 heteroatoms. The quantitative estimate of drug-likeness (QED) is 0.284. The molecule has 4 N–H and O–H groups in total. The molecule has 1 aliphatic heterocycles. The maximum atomic E-state index is 11.7. The maximum absolute atomic E-state index is 11.7. The van der Waals surface area contributed by atoms with Gasteiger partial charge in [-0.05, 0) is 43.7 Å². The van der Waals surface area contributed by atoms with Crippen molar-refractivity contribution in [2.45, 2.75) is 51.8 Å². The summed E-state index contributed by atoms with van der Waals surface area (Å²) in [6.45, 7) is 7.59. The highest BCUT2D eigenvalue weighted by molar-refractivity contribution is 5.81. The molecule has 2 fully saturated rings. The normalized spacial score (nSPS) is 18.5. The van der Waals surface area contributed by atoms with Gasteiger partial charge in [-0.1, -0.05) is 24.3 Å². The van der Waals surface area contributed by atoms with Gasteiger partial charge in [0.15, 0.2) is 5.96 Å². The van der Waals surface area contributed by atoms with Gasteiger partial charge in [0.25, 0.3) is 0 Å². The number of aliphatic imine (C=N–C) groups is 1. The Balaban J connectivity index is 1.41. The summed E-state index contributed by atoms with van der Waals surface area (Å²) in [5, 5.41) is 19.1. The van der Waals surface area contributed by atoms with Gasteiger partial charge in [0.2, 0.25) is 5.91 Å². The molecule has 1 aromatic rings. The molecule has 29 heavy (non-hydrogen) atoms. The summed E-state index contributed by atoms with van der Waals surface area (Å²) in [6, 6.07) is 8.61. The molecule has 1 saturated heterocycles. The Morgan fingerprint density at radius 1 is 1.03 bits per heavy atom. The molecular formula is C22H35N5O2. The molecule has 0 aromatic heterocycles. The van der Waals surface area contributed by atoms with E-state index in [-0.39, 0.29) is 17.9 Å². The number of hydrogen-bond donors (Lipinski definition) is 4. The van der Waals surface area contributed by atoms with Gasteiger partial charge in [-0.15, -0.1) is 0 Å². The second-order valence-corrected chi connectivity index (χ2v) is 8.01. The van der Waals surface area contributed by atoms with E-state index in [4.69, 9.17) is 0 Å². The van der Waals surface area contributed by atoms with Crippen molar-refractivity contribution in [2.75, 3.05) is 32.7 Å². The molecule has 1 aromatic carbocycles. The molecule has 7 nitrogen and oxygen atoms in total. The summed E-state index contributed by atoms with van der Waals surface area (Å²) in [5.41, 5.74) is 2.47. The molecule has 2 aliphatic rings. The lowest BCUT2D eigenvalue weighted by molar-refractivity contribution is -0.122. The topological polar surface area (TPSA) is 89.0 Å². The third-order valence-corrected chi connectivity index (χ3v) is 5.42. The van der Waals surface area contributed by atoms with Crippen LogP contribution in [0, 0.1) is 5.92 Å². The smallest absolute Gasteiger partial charge is 0.223 e. The van der Waals surface area contributed by atoms with Crippen LogP contribution in [0.1, 0.15) is 43.7 Å². The Morgan fingerprint density at radius 2 is 1.69 bits per heavy atom. The van der Waals surface area contributed by atoms with Crippen LogP contribution in [0.4, 0.5) is 0 Å². The second kappa shape index (κ2) is 11.2. The van der Waals surface area contributed by atoms with Gasteiger partial charge in [0.1, 0.15) is 0 Å². The fraction of sp³-hybridized carbons (Fsp3) is 0.636. The molecule has 1 aliphatic carbocycles. The molecule has 3 rings (SSSR count). The van der Waals surface area contributed by atoms with Crippen molar-refractivity contribution in [3.63, 3.8) is 0 Å². The zero-order valence-corrected chi connectivity index (χ0v) is 17.5. The number of carbonyl (C=O) groups excluding carboxylic acids is 1. The Hall–Kier alpha value is -2.12. The van der Waals surface area contributed by atoms with Crippen molar-refractivity contribution in [2.24, 2.45) is 10.9 Å². The van der Waals surface area contributed by atoms with Gasteiger partial charge in [-0.3, -0.25) is 9.69 Å². The highest BCUT2D eigenvalue weighted by atomic mass is 16.3. The van der Waals surface area contributed by atoms with Crippen LogP contribution in [0.25, 0.3) is 0 Å². The zero-order chi connectivity index (χ0) is 20.5. The van der Waals surface area contributed by atoms with Crippen LogP contribution in [-0.2, 0) is 17.9 Å². The summed E-state index contributed by atoms with van der Waals surface area (Å²) >= 11 is 0. The fourth-order valence-corrected chi connectivity index (χ4v) is 3.45. The molecule has 1 amide bonds. The van der Waals surface area contributed by atoms with Crippen LogP contribution in [0.15, 0.2) is 29.3 Å². The summed E-state index contributed by atoms with van der Waals surface area (Å²) in [6.07, 6.45) is 3.68. The molecule has 1 heterocycles. The summed E-state index contributed by atoms with van der Waals surface area (Å²) in [5.74, 6) is 1.19. The Kier molecular flexibility index (Phi) is 8.31. The first-order chi connectivity index (χ1) is 14.1. The number of aliphatic hydroxyl groups excluding tert-OH is 1. The van der Waals surface area contributed by atoms with E-state index in [1.807, 2.05) is 6.92 Å². The van der Waals surface area contributed by atoms with Crippen molar-refractivity contribution in [3.8, 4) is 0 Å². The van der Waals surface area contributed by atoms with Gasteiger partial charge < -0.3 is 21.1 Å². The first-order valence-corrected chi connectivity index (χ1v) is 10.9. The third-order valence-electron chi connectivity index (χ3n) is 5.42. The minimum atomic E-state index is -0.125. The van der Waals surface area contributed by atoms with E-state index in [0.717, 1.165) is 57.8 Å². The summed E-state index contributed by atoms with van der Waals surface area (Å²) in [4.78, 5) is 18.7. The van der Waals surface area contributed by atoms with E-state index in [2.05, 4.69) is 50.1 Å². The third kappa shape index (κ3) is 7.66. The monoisotopic (exact) mass is 401 g/mol. The Bertz CT molecular complexity index is 664. The molecule has 0 unspecified atom stereocenters. The van der Waals surface area contributed by atoms with Crippen LogP contribution in [0.2, 0.25) is 0 Å². The molecule has 1 saturated carbocycles. The van der Waals surface area contributed by atoms with Crippen LogP contribution in [0.5, 0.6) is 0 Å². The zero-order valence-electron chi connectivity index (χ0n) is 17.5. The van der Waals surface area contributed by atoms with Gasteiger partial charge in [-0.25, -0.2) is 4.99 Å². The van der Waals surface area contributed by atoms with Gasteiger partial charge in [0, 0.05) is 45.2 Å². The lowest BCUT2D eigenvalue weighted by atomic mass is 10.1. The highest BCUT2D eigenvalue weighted by Gasteiger charge is 2.28. The molecule has 0 bridgehead atoms. The van der Waals surface area contributed by atoms with E-state index in [1.165, 1.54) is 11.1 Å². The fourth-order valence-electron chi connectivity index (χ4n) is 3.45. The number of nitrogens with one attached hydrogen (secondary N) is 3. The molecule has 160 valence electrons. The molecule has 0 radical (unpaired) electrons. The predicted molar refractivity (Wildman–Crippen MR) is 116 cm³/mol. The number of piperidine rings is 1. The van der Waals surface area contributed by atoms with Crippen molar-refractivity contribution >= 4 is 11.9 Å². The average Bonchev–Trinajstić information content (AvgIpc) is 3.57. The number of amides is 1. The maximum Gasteiger partial charge on any atom is 0.223 e. The highest BCUT2D eigenvalue weighted by Crippen LogP contribution is 2.28. The van der Waals surface area contributed by atoms with Crippen molar-refractivity contribution in [1.29, 1.82) is 0 Å². The molecule has 0 atom stereocenters. The van der Waals surface area contributed by atoms with Gasteiger partial charge >= 0.3 is 0 Å². The first kappa shape index (κ1) is 21.6. The number of nitrogens with zero attached hydrogens (tertiary/aromatic N) is 2. The van der Waals surface area contributed by atoms with Crippen LogP contribution >= 0.6 is 0 Å². The number of rotatable bonds is 9. The minimum absolute atomic E-state index is 0.125. The number of hydrogen-bond acceptors (Lipinski definition) is 4. The standard InChI is InChI=1S/C22H35N5O2/c1-2-23-22(25-12-11-24-21(29)19-7-8-19)26-15-17-3-5-18(6-4-17)16-27-13-9-20(28)10-14-27/h3-6,19-20,28H,2,7-16H2,1H3,(H,24,29)(H2,23,25,26). The van der Waals surface area contributed by atoms with E-state index in [9.17, 15) is 9.90 Å². The van der Waals surface area contributed by atoms with Gasteiger partial charge in [0.05, 0.1) is 12.6 Å². The van der Waals surface area contributed by atoms with Crippen molar-refractivity contribution in [1.82, 2.24) is 20.9 Å². The van der Waals surface area contributed by atoms with Crippen LogP contribution in [-0.4, -0.2) is 60.7 Å². The lowest BCUT2D eigenvalue weighted by Gasteiger charge is -2.29. The molecular weight excluding hydrogens is 366 g/mol. The van der Waals surface area contributed by atoms with Crippen molar-refractivity contribution < 1.29 is 9.90 Å². The minimum Gasteiger partial charge on any atom is -0.393 e. The lowest BCUT2D eigenvalue weighted by Crippen LogP contribution is -2.41. The number of guanidine groups is 1. The van der Waals surface area contributed by atoms with E-state index in [0.29, 0.717) is 19.6 Å². The second-order valence-electron chi connectivity index (χ2n) is 8.01. The first-order valence-electron chi connectivity index (χ1n) is 10.9. The van der Waals surface area contributed by atoms with Gasteiger partial charge in [-0.2, -0.15) is 0 Å². The van der Waals surface area contributed by atoms with Crippen LogP contribution < -0.4 is 16.0 Å². The number of carbonyl (C=O) groups is 1. The SMILES string of the molecule is CCNC(=NCc1ccc(CN2CCC(O)CC2)cc1)NCCNC(=O)C1CC1. The van der Waals surface area contributed by atoms with E-state index in [1.54, 1.807) is 0 Å². The molecule has 0 spiro atoms. The number of benzene rings is 1. The Morgan fingerprint density at radius 3 is 2.34 bits per heavy atom. The summed E-state index contributed by atoms with van der Waals surface area (Å²) < 4.78 is 0. The largest absolute Gasteiger partial charge is 0.393 e. The van der Waals surface area contributed by atoms with E-state index >= 15 is 0 Å². The van der Waals surface area contributed by atoms with Crippen LogP contribution in [0.3, 0.4) is 0 Å².